The minimum Gasteiger partial charge on any atom is -0.352 e. The lowest BCUT2D eigenvalue weighted by atomic mass is 10.0. The van der Waals surface area contributed by atoms with Gasteiger partial charge in [-0.2, -0.15) is 11.8 Å². The van der Waals surface area contributed by atoms with Crippen LogP contribution in [0.1, 0.15) is 31.2 Å². The molecule has 3 heterocycles. The molecule has 1 aromatic carbocycles. The van der Waals surface area contributed by atoms with E-state index in [2.05, 4.69) is 20.9 Å². The summed E-state index contributed by atoms with van der Waals surface area (Å²) in [5.41, 5.74) is 1.15. The number of nitrogens with one attached hydrogen (secondary N) is 3. The summed E-state index contributed by atoms with van der Waals surface area (Å²) in [5, 5.41) is 9.19. The molecule has 2 aliphatic rings. The monoisotopic (exact) mass is 417 g/mol. The molecule has 0 saturated carbocycles. The van der Waals surface area contributed by atoms with Crippen LogP contribution >= 0.6 is 11.8 Å². The van der Waals surface area contributed by atoms with E-state index in [4.69, 9.17) is 0 Å². The third-order valence-electron chi connectivity index (χ3n) is 5.36. The highest BCUT2D eigenvalue weighted by Crippen LogP contribution is 2.33. The van der Waals surface area contributed by atoms with Gasteiger partial charge in [-0.05, 0) is 30.5 Å². The number of hydrogen-bond donors (Lipinski definition) is 3. The third-order valence-corrected chi connectivity index (χ3v) is 6.87. The van der Waals surface area contributed by atoms with Crippen LogP contribution < -0.4 is 16.0 Å². The van der Waals surface area contributed by atoms with Crippen molar-refractivity contribution in [3.63, 3.8) is 0 Å². The number of thioether (sulfide) groups is 1. The van der Waals surface area contributed by atoms with Gasteiger partial charge in [0.1, 0.15) is 5.82 Å². The van der Waals surface area contributed by atoms with Gasteiger partial charge < -0.3 is 20.5 Å². The summed E-state index contributed by atoms with van der Waals surface area (Å²) in [6, 6.07) is 5.30. The van der Waals surface area contributed by atoms with Gasteiger partial charge in [0.15, 0.2) is 0 Å². The number of imidazole rings is 1. The smallest absolute Gasteiger partial charge is 0.315 e. The van der Waals surface area contributed by atoms with E-state index in [1.54, 1.807) is 35.4 Å². The second-order valence-electron chi connectivity index (χ2n) is 7.40. The number of carbonyl (C=O) groups excluding carboxylic acids is 2. The SMILES string of the molecule is O=C(CCCC[C@@H]1SC[C@@H]2NC(=O)N[C@@H]21)NCc1ccc(-n2ccnc2)c(F)c1. The number of amides is 3. The van der Waals surface area contributed by atoms with E-state index in [0.29, 0.717) is 23.9 Å². The van der Waals surface area contributed by atoms with E-state index in [9.17, 15) is 14.0 Å². The van der Waals surface area contributed by atoms with Crippen molar-refractivity contribution in [1.82, 2.24) is 25.5 Å². The first kappa shape index (κ1) is 19.8. The Bertz CT molecular complexity index is 876. The Morgan fingerprint density at radius 1 is 1.34 bits per heavy atom. The summed E-state index contributed by atoms with van der Waals surface area (Å²) >= 11 is 1.89. The molecule has 7 nitrogen and oxygen atoms in total. The number of halogens is 1. The molecule has 2 saturated heterocycles. The van der Waals surface area contributed by atoms with E-state index in [0.717, 1.165) is 30.6 Å². The molecule has 1 aromatic heterocycles. The zero-order chi connectivity index (χ0) is 20.2. The standard InChI is InChI=1S/C20H24FN5O2S/c21-14-9-13(5-6-16(14)26-8-7-22-12-26)10-23-18(27)4-2-1-3-17-19-15(11-29-17)24-20(28)25-19/h5-9,12,15,17,19H,1-4,10-11H2,(H,23,27)(H2,24,25,28)/t15-,17-,19-/m0/s1. The summed E-state index contributed by atoms with van der Waals surface area (Å²) in [7, 11) is 0. The van der Waals surface area contributed by atoms with Gasteiger partial charge in [-0.3, -0.25) is 4.79 Å². The summed E-state index contributed by atoms with van der Waals surface area (Å²) in [6.07, 6.45) is 8.00. The summed E-state index contributed by atoms with van der Waals surface area (Å²) in [6.45, 7) is 0.305. The fourth-order valence-corrected chi connectivity index (χ4v) is 5.38. The molecule has 3 N–H and O–H groups in total. The first-order valence-corrected chi connectivity index (χ1v) is 10.9. The molecule has 0 radical (unpaired) electrons. The van der Waals surface area contributed by atoms with Crippen LogP contribution in [-0.4, -0.2) is 44.6 Å². The molecule has 3 amide bonds. The second kappa shape index (κ2) is 8.86. The molecule has 2 aromatic rings. The number of carbonyl (C=O) groups is 2. The summed E-state index contributed by atoms with van der Waals surface area (Å²) in [5.74, 6) is 0.567. The molecular formula is C20H24FN5O2S. The normalized spacial score (nSPS) is 22.8. The van der Waals surface area contributed by atoms with Crippen LogP contribution in [0, 0.1) is 5.82 Å². The molecule has 0 aliphatic carbocycles. The quantitative estimate of drug-likeness (QED) is 0.455. The number of urea groups is 1. The van der Waals surface area contributed by atoms with Crippen molar-refractivity contribution in [1.29, 1.82) is 0 Å². The number of rotatable bonds is 8. The Morgan fingerprint density at radius 2 is 2.24 bits per heavy atom. The molecule has 9 heteroatoms. The Balaban J connectivity index is 1.16. The molecule has 0 unspecified atom stereocenters. The maximum absolute atomic E-state index is 14.3. The average Bonchev–Trinajstić information content (AvgIpc) is 3.42. The molecule has 29 heavy (non-hydrogen) atoms. The average molecular weight is 418 g/mol. The van der Waals surface area contributed by atoms with Crippen LogP contribution in [-0.2, 0) is 11.3 Å². The molecule has 0 bridgehead atoms. The Hall–Kier alpha value is -2.55. The van der Waals surface area contributed by atoms with E-state index < -0.39 is 0 Å². The van der Waals surface area contributed by atoms with Crippen molar-refractivity contribution in [3.8, 4) is 5.69 Å². The van der Waals surface area contributed by atoms with E-state index >= 15 is 0 Å². The minimum atomic E-state index is -0.351. The van der Waals surface area contributed by atoms with Gasteiger partial charge in [-0.15, -0.1) is 0 Å². The third kappa shape index (κ3) is 4.72. The van der Waals surface area contributed by atoms with Crippen molar-refractivity contribution in [2.45, 2.75) is 49.6 Å². The largest absolute Gasteiger partial charge is 0.352 e. The van der Waals surface area contributed by atoms with Crippen LogP contribution in [0.25, 0.3) is 5.69 Å². The predicted molar refractivity (Wildman–Crippen MR) is 109 cm³/mol. The van der Waals surface area contributed by atoms with Gasteiger partial charge >= 0.3 is 6.03 Å². The number of hydrogen-bond acceptors (Lipinski definition) is 4. The van der Waals surface area contributed by atoms with Crippen molar-refractivity contribution in [2.75, 3.05) is 5.75 Å². The van der Waals surface area contributed by atoms with Crippen molar-refractivity contribution < 1.29 is 14.0 Å². The highest BCUT2D eigenvalue weighted by molar-refractivity contribution is 8.00. The second-order valence-corrected chi connectivity index (χ2v) is 8.67. The van der Waals surface area contributed by atoms with Crippen molar-refractivity contribution in [2.24, 2.45) is 0 Å². The lowest BCUT2D eigenvalue weighted by molar-refractivity contribution is -0.121. The molecule has 3 atom stereocenters. The lowest BCUT2D eigenvalue weighted by Crippen LogP contribution is -2.36. The van der Waals surface area contributed by atoms with Crippen molar-refractivity contribution >= 4 is 23.7 Å². The van der Waals surface area contributed by atoms with Crippen LogP contribution in [0.4, 0.5) is 9.18 Å². The van der Waals surface area contributed by atoms with Crippen LogP contribution in [0.15, 0.2) is 36.9 Å². The number of unbranched alkanes of at least 4 members (excludes halogenated alkanes) is 1. The number of nitrogens with zero attached hydrogens (tertiary/aromatic N) is 2. The Labute approximate surface area is 172 Å². The lowest BCUT2D eigenvalue weighted by Gasteiger charge is -2.16. The fourth-order valence-electron chi connectivity index (χ4n) is 3.83. The van der Waals surface area contributed by atoms with Crippen LogP contribution in [0.2, 0.25) is 0 Å². The van der Waals surface area contributed by atoms with Crippen LogP contribution in [0.5, 0.6) is 0 Å². The number of benzene rings is 1. The molecule has 154 valence electrons. The summed E-state index contributed by atoms with van der Waals surface area (Å²) in [4.78, 5) is 27.4. The summed E-state index contributed by atoms with van der Waals surface area (Å²) < 4.78 is 15.9. The van der Waals surface area contributed by atoms with Gasteiger partial charge in [-0.1, -0.05) is 12.5 Å². The van der Waals surface area contributed by atoms with Gasteiger partial charge in [0, 0.05) is 36.4 Å². The Kier molecular flexibility index (Phi) is 6.03. The van der Waals surface area contributed by atoms with E-state index in [1.165, 1.54) is 6.07 Å². The topological polar surface area (TPSA) is 88.0 Å². The van der Waals surface area contributed by atoms with Crippen LogP contribution in [0.3, 0.4) is 0 Å². The molecular weight excluding hydrogens is 393 g/mol. The zero-order valence-corrected chi connectivity index (χ0v) is 16.8. The zero-order valence-electron chi connectivity index (χ0n) is 15.9. The number of aromatic nitrogens is 2. The van der Waals surface area contributed by atoms with Gasteiger partial charge in [-0.25, -0.2) is 14.2 Å². The maximum Gasteiger partial charge on any atom is 0.315 e. The minimum absolute atomic E-state index is 0.0307. The van der Waals surface area contributed by atoms with Gasteiger partial charge in [0.05, 0.1) is 24.1 Å². The Morgan fingerprint density at radius 3 is 3.03 bits per heavy atom. The first-order valence-electron chi connectivity index (χ1n) is 9.82. The highest BCUT2D eigenvalue weighted by Gasteiger charge is 2.42. The van der Waals surface area contributed by atoms with E-state index in [-0.39, 0.29) is 29.8 Å². The van der Waals surface area contributed by atoms with Gasteiger partial charge in [0.25, 0.3) is 0 Å². The molecule has 2 aliphatic heterocycles. The van der Waals surface area contributed by atoms with E-state index in [1.807, 2.05) is 11.8 Å². The highest BCUT2D eigenvalue weighted by atomic mass is 32.2. The first-order chi connectivity index (χ1) is 14.1. The fraction of sp³-hybridized carbons (Fsp3) is 0.450. The molecule has 2 fully saturated rings. The molecule has 0 spiro atoms. The predicted octanol–water partition coefficient (Wildman–Crippen LogP) is 2.35. The van der Waals surface area contributed by atoms with Crippen molar-refractivity contribution in [3.05, 3.63) is 48.3 Å². The number of fused-ring (bicyclic) bond motifs is 1. The van der Waals surface area contributed by atoms with Gasteiger partial charge in [0.2, 0.25) is 5.91 Å². The molecule has 4 rings (SSSR count). The maximum atomic E-state index is 14.3.